The Labute approximate surface area is 474 Å². The summed E-state index contributed by atoms with van der Waals surface area (Å²) in [6.45, 7) is 1.57. The van der Waals surface area contributed by atoms with Crippen molar-refractivity contribution in [3.63, 3.8) is 0 Å². The van der Waals surface area contributed by atoms with Gasteiger partial charge in [-0.15, -0.1) is 0 Å². The van der Waals surface area contributed by atoms with Gasteiger partial charge in [-0.1, -0.05) is 45.0 Å². The van der Waals surface area contributed by atoms with E-state index in [2.05, 4.69) is 20.1 Å². The quantitative estimate of drug-likeness (QED) is 0.0329. The Morgan fingerprint density at radius 1 is 0.543 bits per heavy atom. The zero-order valence-electron chi connectivity index (χ0n) is 43.8. The molecular formula is C50H51Cl3N6O22. The minimum absolute atomic E-state index is 0.104. The van der Waals surface area contributed by atoms with Crippen molar-refractivity contribution < 1.29 is 105 Å². The zero-order valence-corrected chi connectivity index (χ0v) is 46.1. The van der Waals surface area contributed by atoms with Crippen LogP contribution in [0.2, 0.25) is 15.1 Å². The molecule has 2 aliphatic heterocycles. The Morgan fingerprint density at radius 3 is 1.38 bits per heavy atom. The highest BCUT2D eigenvalue weighted by Gasteiger charge is 2.62. The van der Waals surface area contributed by atoms with E-state index in [-0.39, 0.29) is 31.8 Å². The molecule has 28 nitrogen and oxygen atoms in total. The smallest absolute Gasteiger partial charge is 0.366 e. The Kier molecular flexibility index (Phi) is 23.0. The van der Waals surface area contributed by atoms with Gasteiger partial charge in [0.05, 0.1) is 50.4 Å². The van der Waals surface area contributed by atoms with Gasteiger partial charge in [-0.25, -0.2) is 24.0 Å². The lowest BCUT2D eigenvalue weighted by Gasteiger charge is -2.48. The van der Waals surface area contributed by atoms with E-state index >= 15 is 0 Å². The lowest BCUT2D eigenvalue weighted by Crippen LogP contribution is -2.66. The highest BCUT2D eigenvalue weighted by atomic mass is 35.5. The predicted octanol–water partition coefficient (Wildman–Crippen LogP) is 6.32. The monoisotopic (exact) mass is 1190 g/mol. The van der Waals surface area contributed by atoms with E-state index in [0.29, 0.717) is 0 Å². The molecule has 2 fully saturated rings. The molecule has 2 heterocycles. The van der Waals surface area contributed by atoms with Crippen LogP contribution in [0, 0.1) is 0 Å². The molecule has 2 aliphatic rings. The standard InChI is InChI=1S/C50H51Cl3N6O22/c1-24(60)72-22-36(75-26(3)62)40(76-27(4)63)42-38(56-58-54)34(74-25(2)61)21-50(81-42,48(68)70-6)73-23-37(78-45(65)29-10-16-32(52)17-11-29)41(79-46(66)30-12-18-33(53)19-13-30)43-39(57-59-55)35(20-49(71-7,80-43)47(67)69-5)77-44(64)28-8-14-31(51)15-9-28/h8-19,34-43H,20-23H2,1-7H3/t34-,35-,36+,37+,38+,39+,40+,41+,42+,43+,49+,50-/m0/s1. The molecule has 0 saturated carbocycles. The van der Waals surface area contributed by atoms with Crippen molar-refractivity contribution in [3.05, 3.63) is 125 Å². The minimum atomic E-state index is -3.06. The number of benzene rings is 3. The number of ether oxygens (including phenoxy) is 13. The van der Waals surface area contributed by atoms with Crippen molar-refractivity contribution in [2.24, 2.45) is 10.2 Å². The Bertz CT molecular complexity index is 2910. The Balaban J connectivity index is 1.81. The summed E-state index contributed by atoms with van der Waals surface area (Å²) in [5, 5.41) is 8.15. The van der Waals surface area contributed by atoms with Crippen LogP contribution in [0.1, 0.15) is 71.6 Å². The average molecular weight is 1190 g/mol. The second-order valence-electron chi connectivity index (χ2n) is 17.4. The maximum absolute atomic E-state index is 14.5. The summed E-state index contributed by atoms with van der Waals surface area (Å²) >= 11 is 18.4. The third-order valence-electron chi connectivity index (χ3n) is 12.0. The van der Waals surface area contributed by atoms with Crippen LogP contribution in [0.5, 0.6) is 0 Å². The van der Waals surface area contributed by atoms with E-state index in [0.717, 1.165) is 49.0 Å². The molecule has 0 amide bonds. The van der Waals surface area contributed by atoms with Gasteiger partial charge < -0.3 is 61.6 Å². The summed E-state index contributed by atoms with van der Waals surface area (Å²) in [7, 11) is 2.77. The molecule has 0 bridgehead atoms. The Morgan fingerprint density at radius 2 is 0.951 bits per heavy atom. The number of methoxy groups -OCH3 is 3. The van der Waals surface area contributed by atoms with Gasteiger partial charge in [-0.05, 0) is 83.9 Å². The summed E-state index contributed by atoms with van der Waals surface area (Å²) in [5.74, 6) is -16.3. The van der Waals surface area contributed by atoms with Crippen LogP contribution < -0.4 is 0 Å². The van der Waals surface area contributed by atoms with Gasteiger partial charge in [-0.2, -0.15) is 0 Å². The number of halogens is 3. The maximum atomic E-state index is 14.5. The molecule has 5 rings (SSSR count). The number of rotatable bonds is 23. The number of esters is 9. The number of hydrogen-bond acceptors (Lipinski definition) is 24. The second kappa shape index (κ2) is 29.1. The molecule has 0 aliphatic carbocycles. The first kappa shape index (κ1) is 64.0. The average Bonchev–Trinajstić information content (AvgIpc) is 3.49. The topological polar surface area (TPSA) is 371 Å². The summed E-state index contributed by atoms with van der Waals surface area (Å²) in [4.78, 5) is 128. The molecule has 3 aromatic rings. The third-order valence-corrected chi connectivity index (χ3v) is 12.7. The summed E-state index contributed by atoms with van der Waals surface area (Å²) < 4.78 is 74.8. The molecule has 434 valence electrons. The predicted molar refractivity (Wildman–Crippen MR) is 273 cm³/mol. The van der Waals surface area contributed by atoms with E-state index < -0.39 is 152 Å². The van der Waals surface area contributed by atoms with Crippen LogP contribution >= 0.6 is 34.8 Å². The number of carbonyl (C=O) groups is 9. The van der Waals surface area contributed by atoms with Crippen LogP contribution in [-0.2, 0) is 90.3 Å². The molecule has 31 heteroatoms. The van der Waals surface area contributed by atoms with Crippen LogP contribution in [0.4, 0.5) is 0 Å². The fourth-order valence-corrected chi connectivity index (χ4v) is 8.83. The lowest BCUT2D eigenvalue weighted by molar-refractivity contribution is -0.323. The fraction of sp³-hybridized carbons (Fsp3) is 0.460. The number of hydrogen-bond donors (Lipinski definition) is 0. The molecule has 0 unspecified atom stereocenters. The van der Waals surface area contributed by atoms with E-state index in [4.69, 9.17) is 96.4 Å². The van der Waals surface area contributed by atoms with Crippen molar-refractivity contribution in [1.29, 1.82) is 0 Å². The third kappa shape index (κ3) is 16.7. The number of azide groups is 2. The van der Waals surface area contributed by atoms with Crippen molar-refractivity contribution in [2.75, 3.05) is 34.5 Å². The molecule has 12 atom stereocenters. The van der Waals surface area contributed by atoms with Crippen molar-refractivity contribution in [3.8, 4) is 0 Å². The van der Waals surface area contributed by atoms with Gasteiger partial charge in [-0.3, -0.25) is 19.2 Å². The van der Waals surface area contributed by atoms with E-state index in [1.807, 2.05) is 0 Å². The highest BCUT2D eigenvalue weighted by molar-refractivity contribution is 6.31. The molecule has 2 saturated heterocycles. The van der Waals surface area contributed by atoms with Gasteiger partial charge in [0.25, 0.3) is 11.6 Å². The molecule has 0 N–H and O–H groups in total. The SMILES string of the molecule is COC(=O)[C@]1(OC[C@@H](OC(=O)c2ccc(Cl)cc2)[C@@H](OC(=O)c2ccc(Cl)cc2)[C@@H]2O[C@@](OC)(C(=O)OC)C[C@H](OC(=O)c3ccc(Cl)cc3)[C@H]2N=[N+]=[N-])C[C@H](OC(C)=O)[C@@H](N=[N+]=[N-])[C@H]([C@H](OC(C)=O)[C@@H](COC(C)=O)OC(C)=O)O1. The molecule has 81 heavy (non-hydrogen) atoms. The molecule has 0 radical (unpaired) electrons. The van der Waals surface area contributed by atoms with Gasteiger partial charge in [0.15, 0.2) is 24.4 Å². The maximum Gasteiger partial charge on any atom is 0.366 e. The van der Waals surface area contributed by atoms with Crippen LogP contribution in [-0.4, -0.2) is 161 Å². The highest BCUT2D eigenvalue weighted by Crippen LogP contribution is 2.42. The Hall–Kier alpha value is -7.78. The number of nitrogens with zero attached hydrogens (tertiary/aromatic N) is 6. The normalized spacial score (nSPS) is 23.5. The van der Waals surface area contributed by atoms with Gasteiger partial charge in [0.2, 0.25) is 0 Å². The first-order valence-electron chi connectivity index (χ1n) is 23.8. The molecule has 0 aromatic heterocycles. The van der Waals surface area contributed by atoms with Gasteiger partial charge >= 0.3 is 53.7 Å². The van der Waals surface area contributed by atoms with Gasteiger partial charge in [0.1, 0.15) is 43.1 Å². The summed E-state index contributed by atoms with van der Waals surface area (Å²) in [6, 6.07) is 11.6. The van der Waals surface area contributed by atoms with Crippen LogP contribution in [0.15, 0.2) is 83.0 Å². The minimum Gasteiger partial charge on any atom is -0.465 e. The zero-order chi connectivity index (χ0) is 59.8. The largest absolute Gasteiger partial charge is 0.465 e. The van der Waals surface area contributed by atoms with Crippen LogP contribution in [0.3, 0.4) is 0 Å². The summed E-state index contributed by atoms with van der Waals surface area (Å²) in [6.07, 6.45) is -18.3. The van der Waals surface area contributed by atoms with E-state index in [1.165, 1.54) is 72.8 Å². The first-order chi connectivity index (χ1) is 38.4. The van der Waals surface area contributed by atoms with E-state index in [9.17, 15) is 54.2 Å². The fourth-order valence-electron chi connectivity index (χ4n) is 8.45. The number of carbonyl (C=O) groups excluding carboxylic acids is 9. The van der Waals surface area contributed by atoms with E-state index in [1.54, 1.807) is 0 Å². The molecule has 3 aromatic carbocycles. The second-order valence-corrected chi connectivity index (χ2v) is 18.7. The van der Waals surface area contributed by atoms with Gasteiger partial charge in [0, 0.05) is 59.7 Å². The van der Waals surface area contributed by atoms with Crippen molar-refractivity contribution in [1.82, 2.24) is 0 Å². The summed E-state index contributed by atoms with van der Waals surface area (Å²) in [5.41, 5.74) is 19.5. The first-order valence-corrected chi connectivity index (χ1v) is 24.9. The van der Waals surface area contributed by atoms with Crippen molar-refractivity contribution in [2.45, 2.75) is 113 Å². The molecule has 0 spiro atoms. The lowest BCUT2D eigenvalue weighted by atomic mass is 9.88. The molecular weight excluding hydrogens is 1140 g/mol. The van der Waals surface area contributed by atoms with Crippen LogP contribution in [0.25, 0.3) is 20.9 Å². The van der Waals surface area contributed by atoms with Crippen molar-refractivity contribution >= 4 is 88.5 Å².